The van der Waals surface area contributed by atoms with Crippen molar-refractivity contribution in [2.75, 3.05) is 25.0 Å². The number of hydrogen-bond donors (Lipinski definition) is 1. The molecule has 1 saturated carbocycles. The van der Waals surface area contributed by atoms with Gasteiger partial charge in [-0.3, -0.25) is 9.59 Å². The predicted molar refractivity (Wildman–Crippen MR) is 147 cm³/mol. The molecular formula is C31H32ClN3O2. The Bertz CT molecular complexity index is 1340. The summed E-state index contributed by atoms with van der Waals surface area (Å²) in [5.74, 6) is 0.237. The molecule has 2 heterocycles. The van der Waals surface area contributed by atoms with Crippen molar-refractivity contribution in [2.45, 2.75) is 49.6 Å². The second-order valence-electron chi connectivity index (χ2n) is 10.7. The monoisotopic (exact) mass is 513 g/mol. The van der Waals surface area contributed by atoms with Crippen LogP contribution in [0.1, 0.15) is 58.6 Å². The summed E-state index contributed by atoms with van der Waals surface area (Å²) in [7, 11) is 2.16. The second-order valence-corrected chi connectivity index (χ2v) is 11.1. The largest absolute Gasteiger partial charge is 0.352 e. The summed E-state index contributed by atoms with van der Waals surface area (Å²) in [5.41, 5.74) is 4.30. The number of nitrogens with one attached hydrogen (secondary N) is 1. The first-order valence-corrected chi connectivity index (χ1v) is 13.6. The van der Waals surface area contributed by atoms with Crippen LogP contribution in [0.4, 0.5) is 5.69 Å². The van der Waals surface area contributed by atoms with Crippen LogP contribution in [0.2, 0.25) is 5.02 Å². The Kier molecular flexibility index (Phi) is 6.29. The number of hydrogen-bond acceptors (Lipinski definition) is 3. The molecule has 5 nitrogen and oxygen atoms in total. The lowest BCUT2D eigenvalue weighted by Crippen LogP contribution is -2.33. The average molecular weight is 514 g/mol. The summed E-state index contributed by atoms with van der Waals surface area (Å²) in [4.78, 5) is 31.1. The Morgan fingerprint density at radius 1 is 1.08 bits per heavy atom. The number of fused-ring (bicyclic) bond motifs is 2. The average Bonchev–Trinajstić information content (AvgIpc) is 3.47. The van der Waals surface area contributed by atoms with Crippen LogP contribution in [0.5, 0.6) is 0 Å². The standard InChI is InChI=1S/C31H32ClN3O2/c1-34-17-5-8-25(34)15-16-33-29(36)23-7-4-6-21(18-23)20-35-28-10-3-2-9-26(28)31(30(35)37)19-27(31)22-11-13-24(32)14-12-22/h2-4,6-7,9-14,18,25,27H,5,8,15-17,19-20H2,1H3,(H,33,36). The fourth-order valence-corrected chi connectivity index (χ4v) is 6.52. The molecule has 1 spiro atoms. The third kappa shape index (κ3) is 4.34. The van der Waals surface area contributed by atoms with Crippen LogP contribution in [0.25, 0.3) is 0 Å². The molecule has 190 valence electrons. The van der Waals surface area contributed by atoms with E-state index >= 15 is 0 Å². The number of anilines is 1. The second kappa shape index (κ2) is 9.62. The van der Waals surface area contributed by atoms with Crippen molar-refractivity contribution in [3.05, 3.63) is 100 Å². The molecule has 1 N–H and O–H groups in total. The molecule has 3 aromatic rings. The van der Waals surface area contributed by atoms with Gasteiger partial charge in [0.25, 0.3) is 5.91 Å². The van der Waals surface area contributed by atoms with E-state index in [1.54, 1.807) is 0 Å². The normalized spacial score (nSPS) is 24.5. The van der Waals surface area contributed by atoms with E-state index in [9.17, 15) is 9.59 Å². The molecule has 3 atom stereocenters. The number of likely N-dealkylation sites (tertiary alicyclic amines) is 1. The maximum Gasteiger partial charge on any atom is 0.251 e. The molecule has 0 aromatic heterocycles. The highest BCUT2D eigenvalue weighted by molar-refractivity contribution is 6.30. The lowest BCUT2D eigenvalue weighted by molar-refractivity contribution is -0.120. The van der Waals surface area contributed by atoms with Gasteiger partial charge in [0.15, 0.2) is 0 Å². The third-order valence-electron chi connectivity index (χ3n) is 8.50. The molecule has 1 aliphatic carbocycles. The van der Waals surface area contributed by atoms with E-state index in [-0.39, 0.29) is 17.7 Å². The number of para-hydroxylation sites is 1. The Hall–Kier alpha value is -3.15. The fourth-order valence-electron chi connectivity index (χ4n) is 6.40. The van der Waals surface area contributed by atoms with Gasteiger partial charge in [-0.2, -0.15) is 0 Å². The Morgan fingerprint density at radius 3 is 2.68 bits per heavy atom. The summed E-state index contributed by atoms with van der Waals surface area (Å²) < 4.78 is 0. The molecule has 2 aliphatic heterocycles. The van der Waals surface area contributed by atoms with Crippen LogP contribution >= 0.6 is 11.6 Å². The van der Waals surface area contributed by atoms with Gasteiger partial charge < -0.3 is 15.1 Å². The zero-order valence-electron chi connectivity index (χ0n) is 21.1. The maximum absolute atomic E-state index is 13.9. The zero-order chi connectivity index (χ0) is 25.6. The highest BCUT2D eigenvalue weighted by atomic mass is 35.5. The summed E-state index contributed by atoms with van der Waals surface area (Å²) in [6.07, 6.45) is 4.21. The van der Waals surface area contributed by atoms with Gasteiger partial charge in [0.1, 0.15) is 0 Å². The highest BCUT2D eigenvalue weighted by Gasteiger charge is 2.67. The first-order valence-electron chi connectivity index (χ1n) is 13.2. The van der Waals surface area contributed by atoms with E-state index in [1.165, 1.54) is 12.8 Å². The van der Waals surface area contributed by atoms with Crippen molar-refractivity contribution in [1.82, 2.24) is 10.2 Å². The van der Waals surface area contributed by atoms with Crippen LogP contribution in [0.15, 0.2) is 72.8 Å². The van der Waals surface area contributed by atoms with Gasteiger partial charge in [-0.25, -0.2) is 0 Å². The quantitative estimate of drug-likeness (QED) is 0.452. The Morgan fingerprint density at radius 2 is 1.89 bits per heavy atom. The van der Waals surface area contributed by atoms with Crippen molar-refractivity contribution in [3.63, 3.8) is 0 Å². The lowest BCUT2D eigenvalue weighted by Gasteiger charge is -2.20. The first-order chi connectivity index (χ1) is 18.0. The van der Waals surface area contributed by atoms with Crippen LogP contribution in [-0.4, -0.2) is 42.9 Å². The van der Waals surface area contributed by atoms with Crippen LogP contribution in [0, 0.1) is 0 Å². The van der Waals surface area contributed by atoms with E-state index < -0.39 is 5.41 Å². The molecular weight excluding hydrogens is 482 g/mol. The molecule has 3 aliphatic rings. The molecule has 0 radical (unpaired) electrons. The maximum atomic E-state index is 13.9. The number of halogens is 1. The minimum atomic E-state index is -0.507. The van der Waals surface area contributed by atoms with E-state index in [4.69, 9.17) is 11.6 Å². The lowest BCUT2D eigenvalue weighted by atomic mass is 9.92. The van der Waals surface area contributed by atoms with Gasteiger partial charge in [-0.05, 0) is 86.3 Å². The minimum Gasteiger partial charge on any atom is -0.352 e. The van der Waals surface area contributed by atoms with Gasteiger partial charge in [0.2, 0.25) is 5.91 Å². The van der Waals surface area contributed by atoms with Crippen molar-refractivity contribution in [3.8, 4) is 0 Å². The predicted octanol–water partition coefficient (Wildman–Crippen LogP) is 5.53. The van der Waals surface area contributed by atoms with Gasteiger partial charge >= 0.3 is 0 Å². The summed E-state index contributed by atoms with van der Waals surface area (Å²) in [6, 6.07) is 24.2. The highest BCUT2D eigenvalue weighted by Crippen LogP contribution is 2.66. The number of amides is 2. The molecule has 37 heavy (non-hydrogen) atoms. The fraction of sp³-hybridized carbons (Fsp3) is 0.355. The van der Waals surface area contributed by atoms with Gasteiger partial charge in [0, 0.05) is 34.8 Å². The Labute approximate surface area is 223 Å². The van der Waals surface area contributed by atoms with Crippen LogP contribution in [-0.2, 0) is 16.8 Å². The van der Waals surface area contributed by atoms with E-state index in [1.807, 2.05) is 71.6 Å². The molecule has 0 bridgehead atoms. The topological polar surface area (TPSA) is 52.7 Å². The van der Waals surface area contributed by atoms with Crippen molar-refractivity contribution < 1.29 is 9.59 Å². The SMILES string of the molecule is CN1CCCC1CCNC(=O)c1cccc(CN2C(=O)C3(CC3c3ccc(Cl)cc3)c3ccccc32)c1. The van der Waals surface area contributed by atoms with E-state index in [0.717, 1.165) is 41.8 Å². The van der Waals surface area contributed by atoms with E-state index in [0.29, 0.717) is 29.7 Å². The van der Waals surface area contributed by atoms with Gasteiger partial charge in [-0.15, -0.1) is 0 Å². The number of carbonyl (C=O) groups excluding carboxylic acids is 2. The van der Waals surface area contributed by atoms with Gasteiger partial charge in [-0.1, -0.05) is 54.1 Å². The molecule has 3 unspecified atom stereocenters. The number of nitrogens with zero attached hydrogens (tertiary/aromatic N) is 2. The molecule has 1 saturated heterocycles. The van der Waals surface area contributed by atoms with Crippen LogP contribution in [0.3, 0.4) is 0 Å². The number of carbonyl (C=O) groups is 2. The van der Waals surface area contributed by atoms with Crippen molar-refractivity contribution in [1.29, 1.82) is 0 Å². The number of benzene rings is 3. The van der Waals surface area contributed by atoms with Crippen LogP contribution < -0.4 is 10.2 Å². The molecule has 6 rings (SSSR count). The molecule has 6 heteroatoms. The first kappa shape index (κ1) is 24.2. The van der Waals surface area contributed by atoms with E-state index in [2.05, 4.69) is 23.3 Å². The van der Waals surface area contributed by atoms with Gasteiger partial charge in [0.05, 0.1) is 12.0 Å². The smallest absolute Gasteiger partial charge is 0.251 e. The Balaban J connectivity index is 1.17. The molecule has 2 fully saturated rings. The zero-order valence-corrected chi connectivity index (χ0v) is 21.9. The third-order valence-corrected chi connectivity index (χ3v) is 8.75. The summed E-state index contributed by atoms with van der Waals surface area (Å²) >= 11 is 6.10. The molecule has 2 amide bonds. The molecule has 3 aromatic carbocycles. The van der Waals surface area contributed by atoms with Crippen molar-refractivity contribution in [2.24, 2.45) is 0 Å². The summed E-state index contributed by atoms with van der Waals surface area (Å²) in [6.45, 7) is 2.25. The summed E-state index contributed by atoms with van der Waals surface area (Å²) in [5, 5.41) is 3.79. The van der Waals surface area contributed by atoms with Crippen molar-refractivity contribution >= 4 is 29.1 Å². The number of rotatable bonds is 7. The minimum absolute atomic E-state index is 0.0582.